The summed E-state index contributed by atoms with van der Waals surface area (Å²) in [6.45, 7) is -0.140. The molecule has 1 saturated heterocycles. The van der Waals surface area contributed by atoms with Gasteiger partial charge in [-0.05, 0) is 61.6 Å². The average Bonchev–Trinajstić information content (AvgIpc) is 2.66. The SMILES string of the molecule is CC1CCNC(c2cc(-c3ccc(OC(F)F)cc3F)ccn2)CCCC(=O)C1. The lowest BCUT2D eigenvalue weighted by atomic mass is 9.94. The second-order valence-corrected chi connectivity index (χ2v) is 7.53. The molecule has 2 heterocycles. The first kappa shape index (κ1) is 21.3. The van der Waals surface area contributed by atoms with Gasteiger partial charge in [0.15, 0.2) is 0 Å². The molecule has 1 aromatic carbocycles. The third kappa shape index (κ3) is 6.03. The van der Waals surface area contributed by atoms with Gasteiger partial charge in [0.05, 0.1) is 5.69 Å². The van der Waals surface area contributed by atoms with Gasteiger partial charge in [-0.2, -0.15) is 8.78 Å². The van der Waals surface area contributed by atoms with E-state index in [9.17, 15) is 18.0 Å². The van der Waals surface area contributed by atoms with Crippen LogP contribution in [0.4, 0.5) is 13.2 Å². The van der Waals surface area contributed by atoms with Crippen molar-refractivity contribution in [3.63, 3.8) is 0 Å². The van der Waals surface area contributed by atoms with Crippen molar-refractivity contribution in [3.05, 3.63) is 48.0 Å². The molecule has 2 atom stereocenters. The van der Waals surface area contributed by atoms with Crippen LogP contribution in [0.15, 0.2) is 36.5 Å². The van der Waals surface area contributed by atoms with Crippen LogP contribution in [-0.4, -0.2) is 23.9 Å². The molecule has 0 aliphatic carbocycles. The largest absolute Gasteiger partial charge is 0.435 e. The highest BCUT2D eigenvalue weighted by Crippen LogP contribution is 2.29. The van der Waals surface area contributed by atoms with E-state index in [0.29, 0.717) is 35.7 Å². The van der Waals surface area contributed by atoms with E-state index in [1.165, 1.54) is 12.1 Å². The number of nitrogens with one attached hydrogen (secondary N) is 1. The van der Waals surface area contributed by atoms with E-state index in [-0.39, 0.29) is 11.8 Å². The number of aromatic nitrogens is 1. The molecule has 2 unspecified atom stereocenters. The Morgan fingerprint density at radius 2 is 2.03 bits per heavy atom. The van der Waals surface area contributed by atoms with Crippen LogP contribution in [0, 0.1) is 11.7 Å². The molecule has 1 aliphatic rings. The van der Waals surface area contributed by atoms with Crippen molar-refractivity contribution >= 4 is 5.78 Å². The Hall–Kier alpha value is -2.41. The fraction of sp³-hybridized carbons (Fsp3) is 0.455. The van der Waals surface area contributed by atoms with Crippen molar-refractivity contribution in [1.82, 2.24) is 10.3 Å². The molecule has 0 radical (unpaired) electrons. The summed E-state index contributed by atoms with van der Waals surface area (Å²) in [6.07, 6.45) is 5.24. The molecule has 1 N–H and O–H groups in total. The second kappa shape index (κ2) is 9.87. The van der Waals surface area contributed by atoms with Crippen molar-refractivity contribution in [2.45, 2.75) is 51.7 Å². The number of Topliss-reactive ketones (excluding diaryl/α,β-unsaturated/α-hetero) is 1. The molecule has 2 aromatic rings. The maximum absolute atomic E-state index is 14.5. The van der Waals surface area contributed by atoms with E-state index in [1.54, 1.807) is 18.3 Å². The van der Waals surface area contributed by atoms with Gasteiger partial charge in [0.1, 0.15) is 17.3 Å². The van der Waals surface area contributed by atoms with E-state index in [2.05, 4.69) is 22.0 Å². The van der Waals surface area contributed by atoms with Crippen molar-refractivity contribution in [2.75, 3.05) is 6.54 Å². The number of ketones is 1. The molecule has 0 saturated carbocycles. The van der Waals surface area contributed by atoms with Gasteiger partial charge in [0, 0.05) is 36.7 Å². The Morgan fingerprint density at radius 1 is 1.21 bits per heavy atom. The highest BCUT2D eigenvalue weighted by molar-refractivity contribution is 5.78. The number of hydrogen-bond acceptors (Lipinski definition) is 4. The first-order valence-corrected chi connectivity index (χ1v) is 9.88. The third-order valence-electron chi connectivity index (χ3n) is 5.17. The predicted molar refractivity (Wildman–Crippen MR) is 104 cm³/mol. The van der Waals surface area contributed by atoms with E-state index < -0.39 is 12.4 Å². The molecule has 0 amide bonds. The van der Waals surface area contributed by atoms with Gasteiger partial charge in [0.2, 0.25) is 0 Å². The number of carbonyl (C=O) groups is 1. The molecule has 7 heteroatoms. The highest BCUT2D eigenvalue weighted by atomic mass is 19.3. The van der Waals surface area contributed by atoms with Gasteiger partial charge >= 0.3 is 6.61 Å². The van der Waals surface area contributed by atoms with Crippen molar-refractivity contribution < 1.29 is 22.7 Å². The number of benzene rings is 1. The van der Waals surface area contributed by atoms with Crippen LogP contribution < -0.4 is 10.1 Å². The van der Waals surface area contributed by atoms with Crippen LogP contribution in [0.2, 0.25) is 0 Å². The third-order valence-corrected chi connectivity index (χ3v) is 5.17. The van der Waals surface area contributed by atoms with Gasteiger partial charge in [-0.1, -0.05) is 6.92 Å². The zero-order chi connectivity index (χ0) is 20.8. The maximum Gasteiger partial charge on any atom is 0.387 e. The average molecular weight is 406 g/mol. The van der Waals surface area contributed by atoms with E-state index in [0.717, 1.165) is 37.6 Å². The summed E-state index contributed by atoms with van der Waals surface area (Å²) in [4.78, 5) is 16.4. The summed E-state index contributed by atoms with van der Waals surface area (Å²) in [5, 5.41) is 3.50. The number of carbonyl (C=O) groups excluding carboxylic acids is 1. The number of hydrogen-bond donors (Lipinski definition) is 1. The normalized spacial score (nSPS) is 21.2. The fourth-order valence-electron chi connectivity index (χ4n) is 3.67. The molecular weight excluding hydrogens is 381 g/mol. The van der Waals surface area contributed by atoms with E-state index in [1.807, 2.05) is 0 Å². The number of rotatable bonds is 4. The molecule has 156 valence electrons. The van der Waals surface area contributed by atoms with Crippen LogP contribution in [0.3, 0.4) is 0 Å². The maximum atomic E-state index is 14.5. The highest BCUT2D eigenvalue weighted by Gasteiger charge is 2.18. The molecule has 4 nitrogen and oxygen atoms in total. The number of alkyl halides is 2. The Balaban J connectivity index is 1.80. The van der Waals surface area contributed by atoms with Crippen LogP contribution in [0.1, 0.15) is 50.8 Å². The minimum atomic E-state index is -3.00. The monoisotopic (exact) mass is 406 g/mol. The lowest BCUT2D eigenvalue weighted by Gasteiger charge is -2.22. The van der Waals surface area contributed by atoms with Crippen LogP contribution in [0.5, 0.6) is 5.75 Å². The van der Waals surface area contributed by atoms with E-state index in [4.69, 9.17) is 0 Å². The quantitative estimate of drug-likeness (QED) is 0.750. The van der Waals surface area contributed by atoms with Gasteiger partial charge in [-0.25, -0.2) is 4.39 Å². The molecule has 0 spiro atoms. The molecule has 1 aromatic heterocycles. The molecule has 3 rings (SSSR count). The summed E-state index contributed by atoms with van der Waals surface area (Å²) >= 11 is 0. The van der Waals surface area contributed by atoms with E-state index >= 15 is 0 Å². The van der Waals surface area contributed by atoms with Gasteiger partial charge in [-0.15, -0.1) is 0 Å². The number of ether oxygens (including phenoxy) is 1. The topological polar surface area (TPSA) is 51.2 Å². The molecule has 1 fully saturated rings. The number of halogens is 3. The number of pyridine rings is 1. The first-order valence-electron chi connectivity index (χ1n) is 9.88. The Bertz CT molecular complexity index is 845. The molecule has 0 bridgehead atoms. The predicted octanol–water partition coefficient (Wildman–Crippen LogP) is 5.29. The Labute approximate surface area is 168 Å². The number of nitrogens with zero attached hydrogens (tertiary/aromatic N) is 1. The first-order chi connectivity index (χ1) is 13.9. The van der Waals surface area contributed by atoms with Gasteiger partial charge < -0.3 is 10.1 Å². The van der Waals surface area contributed by atoms with Gasteiger partial charge in [-0.3, -0.25) is 9.78 Å². The van der Waals surface area contributed by atoms with Crippen LogP contribution in [0.25, 0.3) is 11.1 Å². The smallest absolute Gasteiger partial charge is 0.387 e. The minimum absolute atomic E-state index is 0.0300. The van der Waals surface area contributed by atoms with Crippen molar-refractivity contribution in [3.8, 4) is 16.9 Å². The lowest BCUT2D eigenvalue weighted by Crippen LogP contribution is -2.26. The summed E-state index contributed by atoms with van der Waals surface area (Å²) in [5.41, 5.74) is 1.67. The van der Waals surface area contributed by atoms with Crippen molar-refractivity contribution in [2.24, 2.45) is 5.92 Å². The summed E-state index contributed by atoms with van der Waals surface area (Å²) in [6, 6.07) is 7.16. The van der Waals surface area contributed by atoms with Crippen LogP contribution in [-0.2, 0) is 4.79 Å². The fourth-order valence-corrected chi connectivity index (χ4v) is 3.67. The van der Waals surface area contributed by atoms with Crippen molar-refractivity contribution in [1.29, 1.82) is 0 Å². The summed E-state index contributed by atoms with van der Waals surface area (Å²) in [7, 11) is 0. The standard InChI is InChI=1S/C22H25F3N2O2/c1-14-7-9-26-20(4-2-3-16(28)11-14)21-12-15(8-10-27-21)18-6-5-17(13-19(18)23)29-22(24)25/h5-6,8,10,12-14,20,22,26H,2-4,7,9,11H2,1H3. The molecule has 1 aliphatic heterocycles. The Morgan fingerprint density at radius 3 is 2.79 bits per heavy atom. The molecule has 29 heavy (non-hydrogen) atoms. The summed E-state index contributed by atoms with van der Waals surface area (Å²) in [5.74, 6) is -0.217. The van der Waals surface area contributed by atoms with Gasteiger partial charge in [0.25, 0.3) is 0 Å². The van der Waals surface area contributed by atoms with Crippen LogP contribution >= 0.6 is 0 Å². The minimum Gasteiger partial charge on any atom is -0.435 e. The zero-order valence-electron chi connectivity index (χ0n) is 16.3. The Kier molecular flexibility index (Phi) is 7.25. The molecular formula is C22H25F3N2O2. The zero-order valence-corrected chi connectivity index (χ0v) is 16.3. The lowest BCUT2D eigenvalue weighted by molar-refractivity contribution is -0.120. The second-order valence-electron chi connectivity index (χ2n) is 7.53. The summed E-state index contributed by atoms with van der Waals surface area (Å²) < 4.78 is 43.3.